The van der Waals surface area contributed by atoms with Crippen LogP contribution in [-0.2, 0) is 0 Å². The van der Waals surface area contributed by atoms with Crippen LogP contribution in [-0.4, -0.2) is 22.6 Å². The van der Waals surface area contributed by atoms with E-state index >= 15 is 0 Å². The van der Waals surface area contributed by atoms with Crippen LogP contribution in [0.2, 0.25) is 0 Å². The maximum Gasteiger partial charge on any atom is 0.290 e. The summed E-state index contributed by atoms with van der Waals surface area (Å²) in [4.78, 5) is 24.5. The normalized spacial score (nSPS) is 10.6. The lowest BCUT2D eigenvalue weighted by molar-refractivity contribution is 0.0945. The second-order valence-corrected chi connectivity index (χ2v) is 5.47. The molecule has 1 heterocycles. The van der Waals surface area contributed by atoms with Crippen molar-refractivity contribution in [2.45, 2.75) is 13.8 Å². The molecule has 2 aromatic carbocycles. The summed E-state index contributed by atoms with van der Waals surface area (Å²) in [6, 6.07) is 14.8. The Balaban J connectivity index is 1.93. The Hall–Kier alpha value is -3.15. The molecule has 2 N–H and O–H groups in total. The minimum Gasteiger partial charge on any atom is -0.286 e. The molecular weight excluding hydrogens is 304 g/mol. The number of hydrazine groups is 1. The summed E-state index contributed by atoms with van der Waals surface area (Å²) in [5, 5.41) is 9.01. The van der Waals surface area contributed by atoms with E-state index in [0.29, 0.717) is 17.3 Å². The van der Waals surface area contributed by atoms with Crippen molar-refractivity contribution in [3.05, 3.63) is 70.1 Å². The van der Waals surface area contributed by atoms with Crippen LogP contribution in [0.1, 0.15) is 23.0 Å². The number of aromatic nitrogens is 2. The zero-order chi connectivity index (χ0) is 17.1. The third kappa shape index (κ3) is 2.99. The van der Waals surface area contributed by atoms with E-state index in [0.717, 1.165) is 11.3 Å². The minimum absolute atomic E-state index is 0.191. The van der Waals surface area contributed by atoms with Gasteiger partial charge in [0.1, 0.15) is 0 Å². The van der Waals surface area contributed by atoms with Crippen LogP contribution >= 0.6 is 0 Å². The first-order chi connectivity index (χ1) is 11.6. The predicted octanol–water partition coefficient (Wildman–Crippen LogP) is 2.40. The number of carbonyl (C=O) groups is 1. The molecule has 0 aliphatic carbocycles. The molecule has 1 aromatic heterocycles. The Bertz CT molecular complexity index is 932. The number of nitrogens with one attached hydrogen (secondary N) is 2. The highest BCUT2D eigenvalue weighted by Gasteiger charge is 2.16. The van der Waals surface area contributed by atoms with Crippen molar-refractivity contribution in [2.75, 3.05) is 11.6 Å². The molecule has 0 saturated carbocycles. The summed E-state index contributed by atoms with van der Waals surface area (Å²) < 4.78 is 0. The summed E-state index contributed by atoms with van der Waals surface area (Å²) in [5.41, 5.74) is 4.75. The Morgan fingerprint density at radius 1 is 1.12 bits per heavy atom. The van der Waals surface area contributed by atoms with Gasteiger partial charge in [0, 0.05) is 11.9 Å². The van der Waals surface area contributed by atoms with E-state index in [-0.39, 0.29) is 17.2 Å². The number of aromatic amines is 1. The van der Waals surface area contributed by atoms with Crippen LogP contribution in [0, 0.1) is 6.92 Å². The average Bonchev–Trinajstić information content (AvgIpc) is 2.61. The molecule has 0 saturated heterocycles. The van der Waals surface area contributed by atoms with Gasteiger partial charge in [-0.2, -0.15) is 5.10 Å². The van der Waals surface area contributed by atoms with Gasteiger partial charge in [-0.05, 0) is 32.0 Å². The van der Waals surface area contributed by atoms with Crippen molar-refractivity contribution in [1.29, 1.82) is 0 Å². The number of amides is 1. The highest BCUT2D eigenvalue weighted by molar-refractivity contribution is 6.05. The van der Waals surface area contributed by atoms with Gasteiger partial charge in [-0.1, -0.05) is 35.9 Å². The molecule has 0 bridgehead atoms. The number of benzene rings is 2. The van der Waals surface area contributed by atoms with E-state index < -0.39 is 0 Å². The molecule has 0 aliphatic rings. The third-order valence-electron chi connectivity index (χ3n) is 3.81. The molecular formula is C18H18N4O2. The lowest BCUT2D eigenvalue weighted by atomic mass is 10.1. The van der Waals surface area contributed by atoms with Crippen molar-refractivity contribution in [3.63, 3.8) is 0 Å². The maximum atomic E-state index is 12.6. The number of H-pyrrole nitrogens is 1. The van der Waals surface area contributed by atoms with Crippen molar-refractivity contribution in [3.8, 4) is 0 Å². The summed E-state index contributed by atoms with van der Waals surface area (Å²) in [6.45, 7) is 4.55. The summed E-state index contributed by atoms with van der Waals surface area (Å²) in [6.07, 6.45) is 0. The van der Waals surface area contributed by atoms with E-state index in [1.54, 1.807) is 29.3 Å². The highest BCUT2D eigenvalue weighted by Crippen LogP contribution is 2.15. The quantitative estimate of drug-likeness (QED) is 0.723. The van der Waals surface area contributed by atoms with Crippen LogP contribution < -0.4 is 16.0 Å². The van der Waals surface area contributed by atoms with Crippen molar-refractivity contribution in [1.82, 2.24) is 15.6 Å². The number of aryl methyl sites for hydroxylation is 1. The first kappa shape index (κ1) is 15.7. The van der Waals surface area contributed by atoms with Crippen LogP contribution in [0.15, 0.2) is 53.3 Å². The molecule has 122 valence electrons. The monoisotopic (exact) mass is 322 g/mol. The minimum atomic E-state index is -0.370. The van der Waals surface area contributed by atoms with E-state index in [1.807, 2.05) is 38.1 Å². The highest BCUT2D eigenvalue weighted by atomic mass is 16.2. The lowest BCUT2D eigenvalue weighted by Crippen LogP contribution is -2.43. The van der Waals surface area contributed by atoms with Gasteiger partial charge in [0.2, 0.25) is 0 Å². The van der Waals surface area contributed by atoms with Crippen LogP contribution in [0.5, 0.6) is 0 Å². The number of nitrogens with zero attached hydrogens (tertiary/aromatic N) is 2. The van der Waals surface area contributed by atoms with Gasteiger partial charge >= 0.3 is 0 Å². The second-order valence-electron chi connectivity index (χ2n) is 5.47. The molecule has 0 aliphatic heterocycles. The average molecular weight is 322 g/mol. The molecule has 0 radical (unpaired) electrons. The first-order valence-corrected chi connectivity index (χ1v) is 7.72. The molecule has 0 spiro atoms. The maximum absolute atomic E-state index is 12.6. The summed E-state index contributed by atoms with van der Waals surface area (Å²) in [7, 11) is 0. The van der Waals surface area contributed by atoms with Gasteiger partial charge in [-0.25, -0.2) is 5.10 Å². The number of carbonyl (C=O) groups excluding carboxylic acids is 1. The summed E-state index contributed by atoms with van der Waals surface area (Å²) >= 11 is 0. The number of fused-ring (bicyclic) bond motifs is 1. The predicted molar refractivity (Wildman–Crippen MR) is 94.0 cm³/mol. The van der Waals surface area contributed by atoms with Crippen molar-refractivity contribution < 1.29 is 4.79 Å². The smallest absolute Gasteiger partial charge is 0.286 e. The molecule has 0 unspecified atom stereocenters. The van der Waals surface area contributed by atoms with E-state index in [9.17, 15) is 9.59 Å². The fourth-order valence-electron chi connectivity index (χ4n) is 2.51. The molecule has 6 heteroatoms. The number of rotatable bonds is 4. The van der Waals surface area contributed by atoms with Gasteiger partial charge in [0.25, 0.3) is 11.5 Å². The Labute approximate surface area is 139 Å². The van der Waals surface area contributed by atoms with Crippen molar-refractivity contribution in [2.24, 2.45) is 0 Å². The number of anilines is 1. The second kappa shape index (κ2) is 6.54. The Morgan fingerprint density at radius 2 is 1.79 bits per heavy atom. The van der Waals surface area contributed by atoms with Crippen LogP contribution in [0.4, 0.5) is 5.69 Å². The zero-order valence-corrected chi connectivity index (χ0v) is 13.5. The molecule has 3 aromatic rings. The van der Waals surface area contributed by atoms with Crippen LogP contribution in [0.3, 0.4) is 0 Å². The third-order valence-corrected chi connectivity index (χ3v) is 3.81. The molecule has 0 fully saturated rings. The van der Waals surface area contributed by atoms with E-state index in [4.69, 9.17) is 0 Å². The Morgan fingerprint density at radius 3 is 2.46 bits per heavy atom. The molecule has 1 amide bonds. The number of hydrogen-bond donors (Lipinski definition) is 2. The molecule has 3 rings (SSSR count). The topological polar surface area (TPSA) is 78.1 Å². The van der Waals surface area contributed by atoms with Crippen molar-refractivity contribution >= 4 is 22.4 Å². The van der Waals surface area contributed by atoms with Crippen LogP contribution in [0.25, 0.3) is 10.8 Å². The van der Waals surface area contributed by atoms with Gasteiger partial charge < -0.3 is 0 Å². The zero-order valence-electron chi connectivity index (χ0n) is 13.5. The van der Waals surface area contributed by atoms with Gasteiger partial charge in [-0.3, -0.25) is 20.0 Å². The molecule has 24 heavy (non-hydrogen) atoms. The molecule has 0 atom stereocenters. The van der Waals surface area contributed by atoms with Gasteiger partial charge in [0.15, 0.2) is 5.69 Å². The first-order valence-electron chi connectivity index (χ1n) is 7.72. The Kier molecular flexibility index (Phi) is 4.29. The largest absolute Gasteiger partial charge is 0.290 e. The molecule has 6 nitrogen and oxygen atoms in total. The summed E-state index contributed by atoms with van der Waals surface area (Å²) in [5.74, 6) is -0.370. The lowest BCUT2D eigenvalue weighted by Gasteiger charge is -2.23. The fraction of sp³-hybridized carbons (Fsp3) is 0.167. The van der Waals surface area contributed by atoms with E-state index in [2.05, 4.69) is 15.6 Å². The van der Waals surface area contributed by atoms with Gasteiger partial charge in [0.05, 0.1) is 11.1 Å². The number of hydrogen-bond acceptors (Lipinski definition) is 4. The van der Waals surface area contributed by atoms with Gasteiger partial charge in [-0.15, -0.1) is 0 Å². The SMILES string of the molecule is CCN(NC(=O)c1n[nH]c(=O)c2ccccc12)c1ccc(C)cc1. The van der Waals surface area contributed by atoms with E-state index in [1.165, 1.54) is 0 Å². The standard InChI is InChI=1S/C18H18N4O2/c1-3-22(13-10-8-12(2)9-11-13)21-18(24)16-14-6-4-5-7-15(14)17(23)20-19-16/h4-11H,3H2,1-2H3,(H,20,23)(H,21,24). The fourth-order valence-corrected chi connectivity index (χ4v) is 2.51.